The number of carbonyl (C=O) groups is 1. The van der Waals surface area contributed by atoms with Gasteiger partial charge < -0.3 is 4.57 Å². The maximum Gasteiger partial charge on any atom is 0.182 e. The molecule has 2 aromatic rings. The molecule has 0 saturated heterocycles. The van der Waals surface area contributed by atoms with Crippen LogP contribution in [-0.4, -0.2) is 20.7 Å². The number of alkyl halides is 1. The van der Waals surface area contributed by atoms with Gasteiger partial charge in [-0.1, -0.05) is 0 Å². The molecule has 2 rings (SSSR count). The molecule has 1 unspecified atom stereocenters. The van der Waals surface area contributed by atoms with Crippen molar-refractivity contribution in [2.45, 2.75) is 39.6 Å². The predicted molar refractivity (Wildman–Crippen MR) is 79.5 cm³/mol. The van der Waals surface area contributed by atoms with Crippen molar-refractivity contribution in [3.8, 4) is 0 Å². The highest BCUT2D eigenvalue weighted by atomic mass is 35.5. The maximum atomic E-state index is 12.0. The summed E-state index contributed by atoms with van der Waals surface area (Å²) in [6.07, 6.45) is 1.88. The minimum atomic E-state index is -0.490. The molecule has 0 fully saturated rings. The summed E-state index contributed by atoms with van der Waals surface area (Å²) in [5.74, 6) is -0.0173. The molecule has 1 atom stereocenters. The molecule has 0 aromatic carbocycles. The van der Waals surface area contributed by atoms with E-state index in [2.05, 4.69) is 9.55 Å². The number of halogens is 1. The number of rotatable bonds is 4. The van der Waals surface area contributed by atoms with E-state index in [0.717, 1.165) is 16.4 Å². The fourth-order valence-corrected chi connectivity index (χ4v) is 3.01. The van der Waals surface area contributed by atoms with Gasteiger partial charge in [0.25, 0.3) is 0 Å². The highest BCUT2D eigenvalue weighted by Gasteiger charge is 2.19. The van der Waals surface area contributed by atoms with Gasteiger partial charge in [0.15, 0.2) is 5.78 Å². The average Bonchev–Trinajstić information content (AvgIpc) is 2.87. The van der Waals surface area contributed by atoms with Crippen molar-refractivity contribution in [1.29, 1.82) is 0 Å². The Hall–Kier alpha value is -1.13. The van der Waals surface area contributed by atoms with Gasteiger partial charge in [-0.05, 0) is 33.8 Å². The fraction of sp³-hybridized carbons (Fsp3) is 0.429. The first-order valence-electron chi connectivity index (χ1n) is 6.16. The van der Waals surface area contributed by atoms with Crippen molar-refractivity contribution in [1.82, 2.24) is 9.55 Å². The Morgan fingerprint density at radius 1 is 1.47 bits per heavy atom. The van der Waals surface area contributed by atoms with Gasteiger partial charge in [0.1, 0.15) is 5.01 Å². The first-order valence-corrected chi connectivity index (χ1v) is 7.41. The number of aryl methyl sites for hydroxylation is 2. The molecule has 0 aliphatic rings. The Kier molecular flexibility index (Phi) is 4.11. The van der Waals surface area contributed by atoms with Gasteiger partial charge in [-0.15, -0.1) is 22.9 Å². The normalized spacial score (nSPS) is 12.7. The van der Waals surface area contributed by atoms with Crippen LogP contribution in [0.1, 0.15) is 38.6 Å². The third-order valence-corrected chi connectivity index (χ3v) is 4.26. The van der Waals surface area contributed by atoms with Crippen molar-refractivity contribution >= 4 is 28.7 Å². The monoisotopic (exact) mass is 296 g/mol. The second-order valence-electron chi connectivity index (χ2n) is 4.72. The molecular weight excluding hydrogens is 280 g/mol. The van der Waals surface area contributed by atoms with Gasteiger partial charge in [0.05, 0.1) is 11.9 Å². The first-order chi connectivity index (χ1) is 8.90. The van der Waals surface area contributed by atoms with E-state index in [1.54, 1.807) is 18.3 Å². The Labute approximate surface area is 122 Å². The van der Waals surface area contributed by atoms with E-state index < -0.39 is 5.38 Å². The van der Waals surface area contributed by atoms with Crippen LogP contribution in [0, 0.1) is 20.8 Å². The minimum absolute atomic E-state index is 0.0173. The van der Waals surface area contributed by atoms with E-state index in [-0.39, 0.29) is 5.78 Å². The molecule has 3 nitrogen and oxygen atoms in total. The number of ketones is 1. The molecule has 0 amide bonds. The van der Waals surface area contributed by atoms with Crippen LogP contribution in [0.4, 0.5) is 0 Å². The van der Waals surface area contributed by atoms with Crippen molar-refractivity contribution in [2.75, 3.05) is 0 Å². The molecule has 0 saturated carbocycles. The minimum Gasteiger partial charge on any atom is -0.342 e. The van der Waals surface area contributed by atoms with E-state index in [1.807, 2.05) is 33.0 Å². The molecule has 0 N–H and O–H groups in total. The molecule has 0 aliphatic heterocycles. The summed E-state index contributed by atoms with van der Waals surface area (Å²) in [6, 6.07) is 1.91. The topological polar surface area (TPSA) is 34.9 Å². The average molecular weight is 297 g/mol. The number of aromatic nitrogens is 2. The largest absolute Gasteiger partial charge is 0.342 e. The SMILES string of the molecule is Cc1cnc(Cn2c(C)cc(C(=O)C(C)Cl)c2C)s1. The van der Waals surface area contributed by atoms with Crippen LogP contribution >= 0.6 is 22.9 Å². The molecular formula is C14H17ClN2OS. The number of Topliss-reactive ketones (excluding diaryl/α,β-unsaturated/α-hetero) is 1. The van der Waals surface area contributed by atoms with Crippen molar-refractivity contribution in [3.63, 3.8) is 0 Å². The summed E-state index contributed by atoms with van der Waals surface area (Å²) in [7, 11) is 0. The zero-order chi connectivity index (χ0) is 14.2. The smallest absolute Gasteiger partial charge is 0.182 e. The number of thiazole rings is 1. The molecule has 2 heterocycles. The summed E-state index contributed by atoms with van der Waals surface area (Å²) in [5.41, 5.74) is 2.74. The zero-order valence-electron chi connectivity index (χ0n) is 11.5. The fourth-order valence-electron chi connectivity index (χ4n) is 2.12. The van der Waals surface area contributed by atoms with Crippen molar-refractivity contribution in [2.24, 2.45) is 0 Å². The van der Waals surface area contributed by atoms with Gasteiger partial charge in [-0.3, -0.25) is 4.79 Å². The highest BCUT2D eigenvalue weighted by molar-refractivity contribution is 7.11. The second-order valence-corrected chi connectivity index (χ2v) is 6.69. The van der Waals surface area contributed by atoms with E-state index in [4.69, 9.17) is 11.6 Å². The summed E-state index contributed by atoms with van der Waals surface area (Å²) >= 11 is 7.57. The highest BCUT2D eigenvalue weighted by Crippen LogP contribution is 2.21. The van der Waals surface area contributed by atoms with Crippen LogP contribution in [-0.2, 0) is 6.54 Å². The van der Waals surface area contributed by atoms with E-state index in [9.17, 15) is 4.79 Å². The summed E-state index contributed by atoms with van der Waals surface area (Å²) in [4.78, 5) is 17.6. The third kappa shape index (κ3) is 2.90. The van der Waals surface area contributed by atoms with Crippen LogP contribution in [0.3, 0.4) is 0 Å². The lowest BCUT2D eigenvalue weighted by Gasteiger charge is -2.08. The Morgan fingerprint density at radius 3 is 2.68 bits per heavy atom. The van der Waals surface area contributed by atoms with Gasteiger partial charge in [-0.2, -0.15) is 0 Å². The molecule has 0 spiro atoms. The lowest BCUT2D eigenvalue weighted by atomic mass is 10.1. The van der Waals surface area contributed by atoms with E-state index >= 15 is 0 Å². The van der Waals surface area contributed by atoms with E-state index in [0.29, 0.717) is 12.1 Å². The molecule has 19 heavy (non-hydrogen) atoms. The quantitative estimate of drug-likeness (QED) is 0.636. The lowest BCUT2D eigenvalue weighted by Crippen LogP contribution is -2.12. The maximum absolute atomic E-state index is 12.0. The Morgan fingerprint density at radius 2 is 2.16 bits per heavy atom. The second kappa shape index (κ2) is 5.47. The molecule has 0 bridgehead atoms. The van der Waals surface area contributed by atoms with Crippen LogP contribution in [0.2, 0.25) is 0 Å². The predicted octanol–water partition coefficient (Wildman–Crippen LogP) is 3.73. The van der Waals surface area contributed by atoms with Gasteiger partial charge >= 0.3 is 0 Å². The number of hydrogen-bond donors (Lipinski definition) is 0. The summed E-state index contributed by atoms with van der Waals surface area (Å²) in [6.45, 7) is 8.42. The molecule has 0 radical (unpaired) electrons. The van der Waals surface area contributed by atoms with Crippen LogP contribution in [0.15, 0.2) is 12.3 Å². The van der Waals surface area contributed by atoms with Crippen molar-refractivity contribution < 1.29 is 4.79 Å². The first kappa shape index (κ1) is 14.3. The van der Waals surface area contributed by atoms with Crippen LogP contribution in [0.5, 0.6) is 0 Å². The van der Waals surface area contributed by atoms with E-state index in [1.165, 1.54) is 4.88 Å². The standard InChI is InChI=1S/C14H17ClN2OS/c1-8-5-12(14(18)10(3)15)11(4)17(8)7-13-16-6-9(2)19-13/h5-6,10H,7H2,1-4H3. The number of nitrogens with zero attached hydrogens (tertiary/aromatic N) is 2. The molecule has 0 aliphatic carbocycles. The van der Waals surface area contributed by atoms with Gasteiger partial charge in [0, 0.05) is 28.0 Å². The summed E-state index contributed by atoms with van der Waals surface area (Å²) in [5, 5.41) is 0.563. The molecule has 2 aromatic heterocycles. The van der Waals surface area contributed by atoms with Gasteiger partial charge in [-0.25, -0.2) is 4.98 Å². The Bertz CT molecular complexity index is 613. The lowest BCUT2D eigenvalue weighted by molar-refractivity contribution is 0.0991. The van der Waals surface area contributed by atoms with Gasteiger partial charge in [0.2, 0.25) is 0 Å². The Balaban J connectivity index is 2.34. The zero-order valence-corrected chi connectivity index (χ0v) is 13.1. The molecule has 102 valence electrons. The van der Waals surface area contributed by atoms with Crippen LogP contribution in [0.25, 0.3) is 0 Å². The number of carbonyl (C=O) groups excluding carboxylic acids is 1. The van der Waals surface area contributed by atoms with Crippen molar-refractivity contribution in [3.05, 3.63) is 39.1 Å². The number of hydrogen-bond acceptors (Lipinski definition) is 3. The summed E-state index contributed by atoms with van der Waals surface area (Å²) < 4.78 is 2.12. The third-order valence-electron chi connectivity index (χ3n) is 3.16. The molecule has 5 heteroatoms. The van der Waals surface area contributed by atoms with Crippen LogP contribution < -0.4 is 0 Å².